The Balaban J connectivity index is 2.08. The van der Waals surface area contributed by atoms with Gasteiger partial charge in [0.05, 0.1) is 10.5 Å². The standard InChI is InChI=1S/C15H16N2O6/c1-2-6-11-9-12(18)16(11)13(19)15(20)23-14(17(21)22)10-7-4-3-5-8-10/h2-5,7-8,11,13-14,19H,1,6,9H2. The Labute approximate surface area is 132 Å². The number of aliphatic hydroxyl groups excluding tert-OH is 1. The van der Waals surface area contributed by atoms with E-state index in [4.69, 9.17) is 4.74 Å². The predicted octanol–water partition coefficient (Wildman–Crippen LogP) is 1.00. The van der Waals surface area contributed by atoms with Crippen LogP contribution in [0.2, 0.25) is 0 Å². The van der Waals surface area contributed by atoms with Crippen LogP contribution in [0, 0.1) is 10.1 Å². The van der Waals surface area contributed by atoms with Crippen molar-refractivity contribution in [1.29, 1.82) is 0 Å². The summed E-state index contributed by atoms with van der Waals surface area (Å²) in [6.07, 6.45) is -1.45. The van der Waals surface area contributed by atoms with Gasteiger partial charge in [0.15, 0.2) is 0 Å². The van der Waals surface area contributed by atoms with Crippen molar-refractivity contribution in [2.45, 2.75) is 31.3 Å². The van der Waals surface area contributed by atoms with E-state index in [0.29, 0.717) is 6.42 Å². The number of likely N-dealkylation sites (tertiary alicyclic amines) is 1. The van der Waals surface area contributed by atoms with Gasteiger partial charge in [0.2, 0.25) is 12.1 Å². The molecule has 0 aliphatic carbocycles. The number of β-lactam (4-membered cyclic amide) rings is 1. The number of benzene rings is 1. The molecule has 23 heavy (non-hydrogen) atoms. The summed E-state index contributed by atoms with van der Waals surface area (Å²) in [7, 11) is 0. The van der Waals surface area contributed by atoms with Gasteiger partial charge < -0.3 is 14.7 Å². The molecular formula is C15H16N2O6. The van der Waals surface area contributed by atoms with Gasteiger partial charge in [0, 0.05) is 12.5 Å². The number of esters is 1. The van der Waals surface area contributed by atoms with E-state index in [1.54, 1.807) is 24.3 Å². The lowest BCUT2D eigenvalue weighted by Crippen LogP contribution is -2.60. The Morgan fingerprint density at radius 2 is 2.17 bits per heavy atom. The zero-order valence-corrected chi connectivity index (χ0v) is 12.2. The Hall–Kier alpha value is -2.74. The summed E-state index contributed by atoms with van der Waals surface area (Å²) in [4.78, 5) is 34.8. The van der Waals surface area contributed by atoms with E-state index in [1.807, 2.05) is 0 Å². The van der Waals surface area contributed by atoms with Crippen molar-refractivity contribution >= 4 is 11.9 Å². The van der Waals surface area contributed by atoms with Crippen LogP contribution in [0.25, 0.3) is 0 Å². The van der Waals surface area contributed by atoms with Crippen LogP contribution in [0.4, 0.5) is 0 Å². The van der Waals surface area contributed by atoms with Gasteiger partial charge in [-0.05, 0) is 18.6 Å². The smallest absolute Gasteiger partial charge is 0.382 e. The second-order valence-electron chi connectivity index (χ2n) is 5.04. The van der Waals surface area contributed by atoms with Crippen LogP contribution in [0.5, 0.6) is 0 Å². The zero-order chi connectivity index (χ0) is 17.0. The first-order valence-corrected chi connectivity index (χ1v) is 6.94. The van der Waals surface area contributed by atoms with Gasteiger partial charge in [-0.3, -0.25) is 14.9 Å². The van der Waals surface area contributed by atoms with Gasteiger partial charge in [0.25, 0.3) is 0 Å². The molecule has 3 unspecified atom stereocenters. The molecule has 0 bridgehead atoms. The lowest BCUT2D eigenvalue weighted by molar-refractivity contribution is -0.576. The van der Waals surface area contributed by atoms with Crippen LogP contribution in [0.3, 0.4) is 0 Å². The first-order valence-electron chi connectivity index (χ1n) is 6.94. The molecule has 0 aromatic heterocycles. The Bertz CT molecular complexity index is 616. The van der Waals surface area contributed by atoms with Crippen molar-refractivity contribution in [3.63, 3.8) is 0 Å². The number of carbonyl (C=O) groups is 2. The van der Waals surface area contributed by atoms with Crippen LogP contribution in [0.15, 0.2) is 43.0 Å². The lowest BCUT2D eigenvalue weighted by Gasteiger charge is -2.41. The largest absolute Gasteiger partial charge is 0.391 e. The second-order valence-corrected chi connectivity index (χ2v) is 5.04. The Morgan fingerprint density at radius 1 is 1.52 bits per heavy atom. The first kappa shape index (κ1) is 16.6. The molecule has 8 nitrogen and oxygen atoms in total. The molecule has 3 atom stereocenters. The topological polar surface area (TPSA) is 110 Å². The molecule has 1 amide bonds. The highest BCUT2D eigenvalue weighted by molar-refractivity contribution is 5.88. The normalized spacial score (nSPS) is 19.4. The van der Waals surface area contributed by atoms with Crippen LogP contribution < -0.4 is 0 Å². The van der Waals surface area contributed by atoms with Crippen molar-refractivity contribution in [2.24, 2.45) is 0 Å². The van der Waals surface area contributed by atoms with Crippen LogP contribution in [0.1, 0.15) is 24.6 Å². The average Bonchev–Trinajstić information content (AvgIpc) is 2.52. The quantitative estimate of drug-likeness (QED) is 0.200. The number of amides is 1. The average molecular weight is 320 g/mol. The maximum absolute atomic E-state index is 12.0. The van der Waals surface area contributed by atoms with Crippen molar-refractivity contribution < 1.29 is 24.4 Å². The molecule has 0 saturated carbocycles. The minimum absolute atomic E-state index is 0.163. The van der Waals surface area contributed by atoms with Gasteiger partial charge in [-0.1, -0.05) is 24.3 Å². The molecule has 1 aliphatic rings. The summed E-state index contributed by atoms with van der Waals surface area (Å²) in [6, 6.07) is 7.30. The highest BCUT2D eigenvalue weighted by atomic mass is 16.7. The Morgan fingerprint density at radius 3 is 2.70 bits per heavy atom. The summed E-state index contributed by atoms with van der Waals surface area (Å²) in [5.41, 5.74) is 0.163. The van der Waals surface area contributed by atoms with Gasteiger partial charge in [-0.2, -0.15) is 0 Å². The zero-order valence-electron chi connectivity index (χ0n) is 12.2. The van der Waals surface area contributed by atoms with Crippen molar-refractivity contribution in [3.8, 4) is 0 Å². The fraction of sp³-hybridized carbons (Fsp3) is 0.333. The third-order valence-electron chi connectivity index (χ3n) is 3.51. The Kier molecular flexibility index (Phi) is 5.07. The van der Waals surface area contributed by atoms with E-state index < -0.39 is 29.3 Å². The number of ether oxygens (including phenoxy) is 1. The van der Waals surface area contributed by atoms with Crippen LogP contribution in [-0.4, -0.2) is 39.1 Å². The third kappa shape index (κ3) is 3.54. The minimum Gasteiger partial charge on any atom is -0.391 e. The van der Waals surface area contributed by atoms with E-state index in [-0.39, 0.29) is 18.0 Å². The number of aliphatic hydroxyl groups is 1. The van der Waals surface area contributed by atoms with E-state index in [1.165, 1.54) is 12.1 Å². The molecular weight excluding hydrogens is 304 g/mol. The molecule has 0 radical (unpaired) electrons. The molecule has 122 valence electrons. The van der Waals surface area contributed by atoms with Gasteiger partial charge in [0.1, 0.15) is 0 Å². The number of carbonyl (C=O) groups excluding carboxylic acids is 2. The highest BCUT2D eigenvalue weighted by Crippen LogP contribution is 2.26. The molecule has 0 spiro atoms. The van der Waals surface area contributed by atoms with E-state index >= 15 is 0 Å². The van der Waals surface area contributed by atoms with Crippen LogP contribution >= 0.6 is 0 Å². The van der Waals surface area contributed by atoms with Crippen molar-refractivity contribution in [1.82, 2.24) is 4.90 Å². The fourth-order valence-corrected chi connectivity index (χ4v) is 2.36. The van der Waals surface area contributed by atoms with E-state index in [0.717, 1.165) is 4.90 Å². The number of rotatable bonds is 7. The summed E-state index contributed by atoms with van der Waals surface area (Å²) in [5.74, 6) is -1.66. The summed E-state index contributed by atoms with van der Waals surface area (Å²) >= 11 is 0. The molecule has 1 fully saturated rings. The number of nitro groups is 1. The van der Waals surface area contributed by atoms with Gasteiger partial charge in [-0.15, -0.1) is 6.58 Å². The fourth-order valence-electron chi connectivity index (χ4n) is 2.36. The summed E-state index contributed by atoms with van der Waals surface area (Å²) in [5, 5.41) is 21.1. The lowest BCUT2D eigenvalue weighted by atomic mass is 9.98. The number of hydrogen-bond acceptors (Lipinski definition) is 6. The third-order valence-corrected chi connectivity index (χ3v) is 3.51. The molecule has 1 aliphatic heterocycles. The maximum atomic E-state index is 12.0. The SMILES string of the molecule is C=CCC1CC(=O)N1C(O)C(=O)OC(c1ccccc1)[N+](=O)[O-]. The van der Waals surface area contributed by atoms with Crippen LogP contribution in [-0.2, 0) is 14.3 Å². The molecule has 8 heteroatoms. The summed E-state index contributed by atoms with van der Waals surface area (Å²) < 4.78 is 4.78. The molecule has 1 saturated heterocycles. The predicted molar refractivity (Wildman–Crippen MR) is 78.3 cm³/mol. The van der Waals surface area contributed by atoms with Crippen molar-refractivity contribution in [3.05, 3.63) is 58.7 Å². The van der Waals surface area contributed by atoms with Gasteiger partial charge >= 0.3 is 12.2 Å². The molecule has 2 rings (SSSR count). The molecule has 1 heterocycles. The van der Waals surface area contributed by atoms with E-state index in [2.05, 4.69) is 6.58 Å². The van der Waals surface area contributed by atoms with Crippen molar-refractivity contribution in [2.75, 3.05) is 0 Å². The molecule has 1 N–H and O–H groups in total. The highest BCUT2D eigenvalue weighted by Gasteiger charge is 2.44. The molecule has 1 aromatic carbocycles. The number of nitrogens with zero attached hydrogens (tertiary/aromatic N) is 2. The maximum Gasteiger partial charge on any atom is 0.382 e. The number of hydrogen-bond donors (Lipinski definition) is 1. The minimum atomic E-state index is -1.87. The first-order chi connectivity index (χ1) is 11.0. The summed E-state index contributed by atoms with van der Waals surface area (Å²) in [6.45, 7) is 3.53. The monoisotopic (exact) mass is 320 g/mol. The van der Waals surface area contributed by atoms with E-state index in [9.17, 15) is 24.8 Å². The molecule has 1 aromatic rings. The van der Waals surface area contributed by atoms with Gasteiger partial charge in [-0.25, -0.2) is 4.79 Å². The second kappa shape index (κ2) is 7.01.